The van der Waals surface area contributed by atoms with E-state index in [0.717, 1.165) is 22.3 Å². The highest BCUT2D eigenvalue weighted by atomic mass is 35.5. The Bertz CT molecular complexity index is 892. The number of nitrogens with two attached hydrogens (primary N) is 2. The van der Waals surface area contributed by atoms with Crippen molar-refractivity contribution in [1.29, 1.82) is 0 Å². The van der Waals surface area contributed by atoms with Crippen molar-refractivity contribution in [3.8, 4) is 22.6 Å². The number of halogens is 2. The van der Waals surface area contributed by atoms with Crippen LogP contribution in [0.4, 0.5) is 0 Å². The van der Waals surface area contributed by atoms with E-state index in [1.54, 1.807) is 0 Å². The van der Waals surface area contributed by atoms with Gasteiger partial charge < -0.3 is 25.7 Å². The fourth-order valence-electron chi connectivity index (χ4n) is 2.47. The number of hydrogen-bond donors (Lipinski definition) is 2. The maximum atomic E-state index is 5.79. The average molecular weight is 438 g/mol. The van der Waals surface area contributed by atoms with Gasteiger partial charge in [0.25, 0.3) is 0 Å². The predicted molar refractivity (Wildman–Crippen MR) is 117 cm³/mol. The summed E-state index contributed by atoms with van der Waals surface area (Å²) in [5.41, 5.74) is 15.6. The first-order valence-corrected chi connectivity index (χ1v) is 8.04. The number of oxime groups is 2. The summed E-state index contributed by atoms with van der Waals surface area (Å²) in [5, 5.41) is 11.5. The number of hydrogen-bond acceptors (Lipinski definition) is 6. The number of amidine groups is 2. The van der Waals surface area contributed by atoms with E-state index in [9.17, 15) is 0 Å². The smallest absolute Gasteiger partial charge is 0.170 e. The molecule has 0 unspecified atom stereocenters. The number of nitrogens with zero attached hydrogens (tertiary/aromatic N) is 3. The zero-order valence-corrected chi connectivity index (χ0v) is 17.4. The van der Waals surface area contributed by atoms with E-state index < -0.39 is 0 Å². The summed E-state index contributed by atoms with van der Waals surface area (Å²) in [7, 11) is 2.89. The topological polar surface area (TPSA) is 121 Å². The minimum Gasteiger partial charge on any atom is -0.397 e. The summed E-state index contributed by atoms with van der Waals surface area (Å²) in [5.74, 6) is 1.25. The van der Waals surface area contributed by atoms with Crippen molar-refractivity contribution in [3.05, 3.63) is 65.7 Å². The Morgan fingerprint density at radius 1 is 0.793 bits per heavy atom. The Morgan fingerprint density at radius 3 is 1.69 bits per heavy atom. The monoisotopic (exact) mass is 437 g/mol. The molecule has 8 nitrogen and oxygen atoms in total. The van der Waals surface area contributed by atoms with Gasteiger partial charge in [0.05, 0.1) is 0 Å². The molecule has 2 aromatic carbocycles. The summed E-state index contributed by atoms with van der Waals surface area (Å²) in [6, 6.07) is 16.8. The van der Waals surface area contributed by atoms with Crippen molar-refractivity contribution in [3.63, 3.8) is 0 Å². The van der Waals surface area contributed by atoms with Gasteiger partial charge in [0.1, 0.15) is 19.9 Å². The quantitative estimate of drug-likeness (QED) is 0.346. The molecule has 4 N–H and O–H groups in total. The van der Waals surface area contributed by atoms with E-state index in [1.807, 2.05) is 54.6 Å². The minimum atomic E-state index is 0. The largest absolute Gasteiger partial charge is 0.397 e. The van der Waals surface area contributed by atoms with Gasteiger partial charge in [-0.05, 0) is 0 Å². The SMILES string of the molecule is CO/N=C(\N)c1ccc(-c2cc(-c3ccc(/C(N)=N/OC)cc3)on2)cc1.Cl.Cl. The van der Waals surface area contributed by atoms with Crippen molar-refractivity contribution in [2.45, 2.75) is 0 Å². The molecule has 0 aliphatic rings. The van der Waals surface area contributed by atoms with Crippen molar-refractivity contribution in [2.75, 3.05) is 14.2 Å². The van der Waals surface area contributed by atoms with Crippen LogP contribution in [0.15, 0.2) is 69.4 Å². The van der Waals surface area contributed by atoms with Gasteiger partial charge in [-0.2, -0.15) is 0 Å². The lowest BCUT2D eigenvalue weighted by Crippen LogP contribution is -2.13. The molecule has 0 radical (unpaired) electrons. The van der Waals surface area contributed by atoms with Gasteiger partial charge in [0.15, 0.2) is 17.4 Å². The Kier molecular flexibility index (Phi) is 8.98. The predicted octanol–water partition coefficient (Wildman–Crippen LogP) is 3.39. The Hall–Kier alpha value is -3.23. The fraction of sp³-hybridized carbons (Fsp3) is 0.105. The molecule has 0 amide bonds. The summed E-state index contributed by atoms with van der Waals surface area (Å²) in [6.07, 6.45) is 0. The molecule has 3 rings (SSSR count). The molecular formula is C19H21Cl2N5O3. The second kappa shape index (κ2) is 10.9. The van der Waals surface area contributed by atoms with Gasteiger partial charge in [-0.3, -0.25) is 0 Å². The maximum Gasteiger partial charge on any atom is 0.170 e. The molecule has 1 heterocycles. The molecule has 0 saturated carbocycles. The molecule has 10 heteroatoms. The highest BCUT2D eigenvalue weighted by molar-refractivity contribution is 5.98. The van der Waals surface area contributed by atoms with E-state index in [4.69, 9.17) is 16.0 Å². The van der Waals surface area contributed by atoms with Gasteiger partial charge in [0.2, 0.25) is 0 Å². The zero-order chi connectivity index (χ0) is 19.2. The zero-order valence-electron chi connectivity index (χ0n) is 15.7. The normalized spacial score (nSPS) is 11.2. The third kappa shape index (κ3) is 5.63. The molecule has 0 atom stereocenters. The lowest BCUT2D eigenvalue weighted by Gasteiger charge is -2.01. The average Bonchev–Trinajstić information content (AvgIpc) is 3.19. The van der Waals surface area contributed by atoms with Gasteiger partial charge in [-0.1, -0.05) is 64.0 Å². The molecule has 0 aliphatic heterocycles. The second-order valence-electron chi connectivity index (χ2n) is 5.55. The minimum absolute atomic E-state index is 0. The van der Waals surface area contributed by atoms with Crippen LogP contribution in [0.25, 0.3) is 22.6 Å². The maximum absolute atomic E-state index is 5.79. The van der Waals surface area contributed by atoms with E-state index in [0.29, 0.717) is 23.1 Å². The van der Waals surface area contributed by atoms with E-state index in [2.05, 4.69) is 25.1 Å². The summed E-state index contributed by atoms with van der Waals surface area (Å²) in [6.45, 7) is 0. The van der Waals surface area contributed by atoms with Gasteiger partial charge in [-0.25, -0.2) is 0 Å². The molecule has 3 aromatic rings. The molecule has 0 saturated heterocycles. The summed E-state index contributed by atoms with van der Waals surface area (Å²) >= 11 is 0. The third-order valence-corrected chi connectivity index (χ3v) is 3.83. The van der Waals surface area contributed by atoms with E-state index >= 15 is 0 Å². The van der Waals surface area contributed by atoms with Crippen LogP contribution in [0.1, 0.15) is 11.1 Å². The number of benzene rings is 2. The first-order chi connectivity index (χ1) is 13.1. The molecule has 1 aromatic heterocycles. The van der Waals surface area contributed by atoms with Crippen LogP contribution >= 0.6 is 24.8 Å². The Morgan fingerprint density at radius 2 is 1.24 bits per heavy atom. The lowest BCUT2D eigenvalue weighted by atomic mass is 10.1. The van der Waals surface area contributed by atoms with Crippen LogP contribution in [0, 0.1) is 0 Å². The summed E-state index contributed by atoms with van der Waals surface area (Å²) in [4.78, 5) is 9.35. The van der Waals surface area contributed by atoms with Crippen molar-refractivity contribution >= 4 is 36.5 Å². The second-order valence-corrected chi connectivity index (χ2v) is 5.55. The molecular weight excluding hydrogens is 417 g/mol. The van der Waals surface area contributed by atoms with E-state index in [-0.39, 0.29) is 24.8 Å². The van der Waals surface area contributed by atoms with Gasteiger partial charge >= 0.3 is 0 Å². The van der Waals surface area contributed by atoms with Crippen LogP contribution < -0.4 is 11.5 Å². The van der Waals surface area contributed by atoms with Crippen molar-refractivity contribution in [1.82, 2.24) is 5.16 Å². The Balaban J connectivity index is 0.00000210. The first kappa shape index (κ1) is 23.8. The molecule has 0 spiro atoms. The highest BCUT2D eigenvalue weighted by Gasteiger charge is 2.10. The van der Waals surface area contributed by atoms with Crippen LogP contribution in [-0.2, 0) is 9.68 Å². The lowest BCUT2D eigenvalue weighted by molar-refractivity contribution is 0.213. The van der Waals surface area contributed by atoms with E-state index in [1.165, 1.54) is 14.2 Å². The fourth-order valence-corrected chi connectivity index (χ4v) is 2.47. The van der Waals surface area contributed by atoms with Crippen LogP contribution in [0.2, 0.25) is 0 Å². The molecule has 0 aliphatic carbocycles. The van der Waals surface area contributed by atoms with Gasteiger partial charge in [0, 0.05) is 28.3 Å². The highest BCUT2D eigenvalue weighted by Crippen LogP contribution is 2.26. The molecule has 0 fully saturated rings. The van der Waals surface area contributed by atoms with Crippen LogP contribution in [-0.4, -0.2) is 31.0 Å². The van der Waals surface area contributed by atoms with Crippen molar-refractivity contribution in [2.24, 2.45) is 21.8 Å². The first-order valence-electron chi connectivity index (χ1n) is 8.04. The third-order valence-electron chi connectivity index (χ3n) is 3.83. The van der Waals surface area contributed by atoms with Crippen LogP contribution in [0.5, 0.6) is 0 Å². The number of aromatic nitrogens is 1. The van der Waals surface area contributed by atoms with Crippen LogP contribution in [0.3, 0.4) is 0 Å². The molecule has 29 heavy (non-hydrogen) atoms. The van der Waals surface area contributed by atoms with Gasteiger partial charge in [-0.15, -0.1) is 24.8 Å². The van der Waals surface area contributed by atoms with Crippen molar-refractivity contribution < 1.29 is 14.2 Å². The molecule has 0 bridgehead atoms. The number of rotatable bonds is 6. The molecule has 154 valence electrons. The Labute approximate surface area is 180 Å². The standard InChI is InChI=1S/C19H19N5O3.2ClH/c1-25-23-18(20)14-7-3-12(4-8-14)16-11-17(27-22-16)13-5-9-15(10-6-13)19(21)24-26-2;;/h3-11H,1-2H3,(H2,20,23)(H2,21,24);2*1H. The summed E-state index contributed by atoms with van der Waals surface area (Å²) < 4.78 is 5.46.